The van der Waals surface area contributed by atoms with Gasteiger partial charge in [-0.1, -0.05) is 54.6 Å². The first-order valence-corrected chi connectivity index (χ1v) is 11.3. The van der Waals surface area contributed by atoms with Crippen LogP contribution >= 0.6 is 0 Å². The molecule has 0 atom stereocenters. The fraction of sp³-hybridized carbons (Fsp3) is 0.480. The van der Waals surface area contributed by atoms with Crippen molar-refractivity contribution in [2.45, 2.75) is 38.9 Å². The molecule has 2 aromatic rings. The molecule has 2 fully saturated rings. The molecule has 2 amide bonds. The zero-order valence-corrected chi connectivity index (χ0v) is 18.1. The number of carbonyl (C=O) groups is 1. The largest absolute Gasteiger partial charge is 0.335 e. The van der Waals surface area contributed by atoms with Crippen molar-refractivity contribution in [3.63, 3.8) is 0 Å². The molecule has 0 aromatic heterocycles. The summed E-state index contributed by atoms with van der Waals surface area (Å²) in [5, 5.41) is 3.29. The molecule has 0 spiro atoms. The smallest absolute Gasteiger partial charge is 0.317 e. The number of piperidine rings is 1. The number of benzene rings is 2. The van der Waals surface area contributed by atoms with Crippen LogP contribution in [0.2, 0.25) is 0 Å². The van der Waals surface area contributed by atoms with Gasteiger partial charge in [0, 0.05) is 58.4 Å². The first-order valence-electron chi connectivity index (χ1n) is 11.3. The standard InChI is InChI=1S/C25H34N4O/c1-21-7-5-6-10-23(21)20-27-13-11-24(12-14-27)26-25(30)29-17-15-28(16-18-29)19-22-8-3-2-4-9-22/h2-10,24H,11-20H2,1H3,(H,26,30). The van der Waals surface area contributed by atoms with E-state index >= 15 is 0 Å². The van der Waals surface area contributed by atoms with Crippen molar-refractivity contribution in [3.05, 3.63) is 71.3 Å². The number of amides is 2. The van der Waals surface area contributed by atoms with E-state index in [2.05, 4.69) is 76.6 Å². The van der Waals surface area contributed by atoms with Gasteiger partial charge in [-0.05, 0) is 36.5 Å². The van der Waals surface area contributed by atoms with Crippen LogP contribution < -0.4 is 5.32 Å². The molecule has 160 valence electrons. The molecule has 2 aromatic carbocycles. The zero-order valence-electron chi connectivity index (χ0n) is 18.1. The lowest BCUT2D eigenvalue weighted by atomic mass is 10.0. The Bertz CT molecular complexity index is 809. The Morgan fingerprint density at radius 3 is 2.17 bits per heavy atom. The minimum absolute atomic E-state index is 0.117. The van der Waals surface area contributed by atoms with Crippen LogP contribution in [0.3, 0.4) is 0 Å². The molecule has 2 heterocycles. The first kappa shape index (κ1) is 20.9. The Hall–Kier alpha value is -2.37. The van der Waals surface area contributed by atoms with E-state index in [1.807, 2.05) is 4.90 Å². The van der Waals surface area contributed by atoms with Crippen LogP contribution in [-0.2, 0) is 13.1 Å². The lowest BCUT2D eigenvalue weighted by Gasteiger charge is -2.37. The molecule has 5 nitrogen and oxygen atoms in total. The monoisotopic (exact) mass is 406 g/mol. The highest BCUT2D eigenvalue weighted by atomic mass is 16.2. The third-order valence-corrected chi connectivity index (χ3v) is 6.48. The van der Waals surface area contributed by atoms with Crippen LogP contribution in [-0.4, -0.2) is 66.0 Å². The lowest BCUT2D eigenvalue weighted by Crippen LogP contribution is -2.54. The van der Waals surface area contributed by atoms with E-state index in [0.717, 1.165) is 65.2 Å². The predicted molar refractivity (Wildman–Crippen MR) is 121 cm³/mol. The summed E-state index contributed by atoms with van der Waals surface area (Å²) < 4.78 is 0. The Morgan fingerprint density at radius 1 is 0.833 bits per heavy atom. The predicted octanol–water partition coefficient (Wildman–Crippen LogP) is 3.49. The molecule has 5 heteroatoms. The van der Waals surface area contributed by atoms with Crippen LogP contribution in [0.25, 0.3) is 0 Å². The summed E-state index contributed by atoms with van der Waals surface area (Å²) in [6.45, 7) is 9.76. The SMILES string of the molecule is Cc1ccccc1CN1CCC(NC(=O)N2CCN(Cc3ccccc3)CC2)CC1. The molecular weight excluding hydrogens is 372 g/mol. The van der Waals surface area contributed by atoms with Crippen molar-refractivity contribution in [1.82, 2.24) is 20.0 Å². The number of carbonyl (C=O) groups excluding carboxylic acids is 1. The van der Waals surface area contributed by atoms with Crippen LogP contribution in [0, 0.1) is 6.92 Å². The molecular formula is C25H34N4O. The van der Waals surface area contributed by atoms with Crippen molar-refractivity contribution >= 4 is 6.03 Å². The van der Waals surface area contributed by atoms with Gasteiger partial charge in [0.05, 0.1) is 0 Å². The quantitative estimate of drug-likeness (QED) is 0.826. The average Bonchev–Trinajstić information content (AvgIpc) is 2.78. The van der Waals surface area contributed by atoms with Crippen LogP contribution in [0.15, 0.2) is 54.6 Å². The maximum Gasteiger partial charge on any atom is 0.317 e. The van der Waals surface area contributed by atoms with Gasteiger partial charge in [-0.25, -0.2) is 4.79 Å². The molecule has 0 saturated carbocycles. The van der Waals surface area contributed by atoms with Gasteiger partial charge in [0.15, 0.2) is 0 Å². The van der Waals surface area contributed by atoms with Crippen molar-refractivity contribution < 1.29 is 4.79 Å². The first-order chi connectivity index (χ1) is 14.7. The number of piperazine rings is 1. The van der Waals surface area contributed by atoms with Crippen LogP contribution in [0.5, 0.6) is 0 Å². The summed E-state index contributed by atoms with van der Waals surface area (Å²) >= 11 is 0. The summed E-state index contributed by atoms with van der Waals surface area (Å²) in [6.07, 6.45) is 2.07. The van der Waals surface area contributed by atoms with E-state index in [0.29, 0.717) is 6.04 Å². The number of nitrogens with zero attached hydrogens (tertiary/aromatic N) is 3. The van der Waals surface area contributed by atoms with E-state index in [1.54, 1.807) is 0 Å². The fourth-order valence-electron chi connectivity index (χ4n) is 4.48. The summed E-state index contributed by atoms with van der Waals surface area (Å²) in [5.74, 6) is 0. The number of aryl methyl sites for hydroxylation is 1. The van der Waals surface area contributed by atoms with Gasteiger partial charge in [0.25, 0.3) is 0 Å². The van der Waals surface area contributed by atoms with E-state index in [9.17, 15) is 4.79 Å². The van der Waals surface area contributed by atoms with Gasteiger partial charge in [-0.2, -0.15) is 0 Å². The minimum atomic E-state index is 0.117. The molecule has 2 aliphatic heterocycles. The highest BCUT2D eigenvalue weighted by Crippen LogP contribution is 2.17. The van der Waals surface area contributed by atoms with Gasteiger partial charge in [-0.3, -0.25) is 9.80 Å². The van der Waals surface area contributed by atoms with Crippen molar-refractivity contribution in [2.75, 3.05) is 39.3 Å². The summed E-state index contributed by atoms with van der Waals surface area (Å²) in [4.78, 5) is 19.7. The molecule has 2 saturated heterocycles. The number of hydrogen-bond acceptors (Lipinski definition) is 3. The van der Waals surface area contributed by atoms with Gasteiger partial charge in [0.2, 0.25) is 0 Å². The van der Waals surface area contributed by atoms with E-state index in [-0.39, 0.29) is 6.03 Å². The van der Waals surface area contributed by atoms with Crippen LogP contribution in [0.1, 0.15) is 29.5 Å². The summed E-state index contributed by atoms with van der Waals surface area (Å²) in [5.41, 5.74) is 4.11. The van der Waals surface area contributed by atoms with E-state index < -0.39 is 0 Å². The van der Waals surface area contributed by atoms with E-state index in [4.69, 9.17) is 0 Å². The topological polar surface area (TPSA) is 38.8 Å². The molecule has 1 N–H and O–H groups in total. The molecule has 0 bridgehead atoms. The highest BCUT2D eigenvalue weighted by molar-refractivity contribution is 5.74. The van der Waals surface area contributed by atoms with Crippen LogP contribution in [0.4, 0.5) is 4.79 Å². The second-order valence-corrected chi connectivity index (χ2v) is 8.68. The minimum Gasteiger partial charge on any atom is -0.335 e. The summed E-state index contributed by atoms with van der Waals surface area (Å²) in [6, 6.07) is 19.6. The second kappa shape index (κ2) is 10.1. The number of rotatable bonds is 5. The number of urea groups is 1. The Kier molecular flexibility index (Phi) is 7.03. The zero-order chi connectivity index (χ0) is 20.8. The normalized spacial score (nSPS) is 19.0. The Labute approximate surface area is 180 Å². The van der Waals surface area contributed by atoms with Gasteiger partial charge in [0.1, 0.15) is 0 Å². The van der Waals surface area contributed by atoms with Gasteiger partial charge >= 0.3 is 6.03 Å². The molecule has 2 aliphatic rings. The third kappa shape index (κ3) is 5.61. The highest BCUT2D eigenvalue weighted by Gasteiger charge is 2.25. The molecule has 30 heavy (non-hydrogen) atoms. The van der Waals surface area contributed by atoms with Crippen molar-refractivity contribution in [3.8, 4) is 0 Å². The van der Waals surface area contributed by atoms with Crippen molar-refractivity contribution in [1.29, 1.82) is 0 Å². The molecule has 0 aliphatic carbocycles. The maximum absolute atomic E-state index is 12.7. The van der Waals surface area contributed by atoms with E-state index in [1.165, 1.54) is 16.7 Å². The Balaban J connectivity index is 1.17. The number of nitrogens with one attached hydrogen (secondary N) is 1. The molecule has 4 rings (SSSR count). The second-order valence-electron chi connectivity index (χ2n) is 8.68. The molecule has 0 unspecified atom stereocenters. The summed E-state index contributed by atoms with van der Waals surface area (Å²) in [7, 11) is 0. The van der Waals surface area contributed by atoms with Gasteiger partial charge in [-0.15, -0.1) is 0 Å². The number of hydrogen-bond donors (Lipinski definition) is 1. The average molecular weight is 407 g/mol. The molecule has 0 radical (unpaired) electrons. The third-order valence-electron chi connectivity index (χ3n) is 6.48. The number of likely N-dealkylation sites (tertiary alicyclic amines) is 1. The maximum atomic E-state index is 12.7. The lowest BCUT2D eigenvalue weighted by molar-refractivity contribution is 0.127. The Morgan fingerprint density at radius 2 is 1.47 bits per heavy atom. The van der Waals surface area contributed by atoms with Crippen molar-refractivity contribution in [2.24, 2.45) is 0 Å². The van der Waals surface area contributed by atoms with Gasteiger partial charge < -0.3 is 10.2 Å². The fourth-order valence-corrected chi connectivity index (χ4v) is 4.48.